The Kier molecular flexibility index (Phi) is 6.08. The lowest BCUT2D eigenvalue weighted by molar-refractivity contribution is -0.128. The second kappa shape index (κ2) is 9.43. The summed E-state index contributed by atoms with van der Waals surface area (Å²) < 4.78 is 16.0. The van der Waals surface area contributed by atoms with E-state index in [-0.39, 0.29) is 18.4 Å². The number of para-hydroxylation sites is 1. The van der Waals surface area contributed by atoms with E-state index in [4.69, 9.17) is 19.9 Å². The van der Waals surface area contributed by atoms with Gasteiger partial charge >= 0.3 is 5.97 Å². The fourth-order valence-electron chi connectivity index (χ4n) is 2.83. The number of carbonyl (C=O) groups excluding carboxylic acids is 2. The molecule has 3 N–H and O–H groups in total. The maximum absolute atomic E-state index is 12.3. The lowest BCUT2D eigenvalue weighted by atomic mass is 10.1. The minimum Gasteiger partial charge on any atom is -0.454 e. The first-order chi connectivity index (χ1) is 15.6. The Morgan fingerprint density at radius 3 is 2.62 bits per heavy atom. The summed E-state index contributed by atoms with van der Waals surface area (Å²) in [7, 11) is 0. The molecule has 2 aromatic carbocycles. The van der Waals surface area contributed by atoms with Crippen LogP contribution in [0.5, 0.6) is 17.2 Å². The average Bonchev–Trinajstić information content (AvgIpc) is 3.26. The predicted octanol–water partition coefficient (Wildman–Crippen LogP) is 2.78. The molecule has 0 bridgehead atoms. The minimum atomic E-state index is -0.608. The SMILES string of the molecule is Nc1cc2c(cc1/C=C/C(=O)Oc1ccccc1/C=N/NC(=O)c1ccncc1)OCO2. The number of nitrogens with one attached hydrogen (secondary N) is 1. The number of nitrogens with two attached hydrogens (primary N) is 1. The van der Waals surface area contributed by atoms with E-state index in [1.165, 1.54) is 30.8 Å². The smallest absolute Gasteiger partial charge is 0.336 e. The molecule has 9 nitrogen and oxygen atoms in total. The van der Waals surface area contributed by atoms with Gasteiger partial charge in [0.05, 0.1) is 6.21 Å². The van der Waals surface area contributed by atoms with Gasteiger partial charge in [-0.1, -0.05) is 12.1 Å². The van der Waals surface area contributed by atoms with Gasteiger partial charge in [0.1, 0.15) is 5.75 Å². The number of ether oxygens (including phenoxy) is 3. The molecule has 1 aliphatic heterocycles. The predicted molar refractivity (Wildman–Crippen MR) is 117 cm³/mol. The Hall–Kier alpha value is -4.66. The van der Waals surface area contributed by atoms with Gasteiger partial charge in [-0.15, -0.1) is 0 Å². The van der Waals surface area contributed by atoms with Crippen molar-refractivity contribution in [3.05, 3.63) is 83.7 Å². The number of aromatic nitrogens is 1. The Morgan fingerprint density at radius 2 is 1.81 bits per heavy atom. The van der Waals surface area contributed by atoms with Gasteiger partial charge in [-0.25, -0.2) is 10.2 Å². The topological polar surface area (TPSA) is 125 Å². The number of benzene rings is 2. The Labute approximate surface area is 183 Å². The number of rotatable bonds is 6. The fraction of sp³-hybridized carbons (Fsp3) is 0.0435. The fourth-order valence-corrected chi connectivity index (χ4v) is 2.83. The lowest BCUT2D eigenvalue weighted by Gasteiger charge is -2.06. The van der Waals surface area contributed by atoms with Crippen LogP contribution in [0.3, 0.4) is 0 Å². The maximum atomic E-state index is 12.3. The standard InChI is InChI=1S/C23H18N4O5/c24-18-12-21-20(30-14-31-21)11-16(18)5-6-22(28)32-19-4-2-1-3-17(19)13-26-27-23(29)15-7-9-25-10-8-15/h1-13H,14,24H2,(H,27,29)/b6-5+,26-13+. The van der Waals surface area contributed by atoms with Crippen LogP contribution in [0.2, 0.25) is 0 Å². The molecule has 0 unspecified atom stereocenters. The highest BCUT2D eigenvalue weighted by molar-refractivity contribution is 5.95. The molecule has 0 saturated heterocycles. The molecule has 0 radical (unpaired) electrons. The van der Waals surface area contributed by atoms with Gasteiger partial charge in [-0.2, -0.15) is 5.10 Å². The summed E-state index contributed by atoms with van der Waals surface area (Å²) in [6.07, 6.45) is 7.20. The highest BCUT2D eigenvalue weighted by Crippen LogP contribution is 2.36. The van der Waals surface area contributed by atoms with Crippen LogP contribution in [0.25, 0.3) is 6.08 Å². The number of hydrazone groups is 1. The van der Waals surface area contributed by atoms with Crippen LogP contribution in [0.4, 0.5) is 5.69 Å². The number of anilines is 1. The van der Waals surface area contributed by atoms with Crippen LogP contribution in [0.15, 0.2) is 72.1 Å². The zero-order chi connectivity index (χ0) is 22.3. The lowest BCUT2D eigenvalue weighted by Crippen LogP contribution is -2.17. The maximum Gasteiger partial charge on any atom is 0.336 e. The van der Waals surface area contributed by atoms with Crippen molar-refractivity contribution in [2.24, 2.45) is 5.10 Å². The highest BCUT2D eigenvalue weighted by Gasteiger charge is 2.15. The van der Waals surface area contributed by atoms with Crippen LogP contribution in [-0.4, -0.2) is 29.9 Å². The second-order valence-electron chi connectivity index (χ2n) is 6.56. The molecule has 0 saturated carbocycles. The van der Waals surface area contributed by atoms with Crippen molar-refractivity contribution in [1.29, 1.82) is 0 Å². The number of esters is 1. The van der Waals surface area contributed by atoms with Gasteiger partial charge in [0.15, 0.2) is 11.5 Å². The molecule has 3 aromatic rings. The summed E-state index contributed by atoms with van der Waals surface area (Å²) in [6.45, 7) is 0.130. The number of nitrogens with zero attached hydrogens (tertiary/aromatic N) is 2. The molecular formula is C23H18N4O5. The van der Waals surface area contributed by atoms with Crippen molar-refractivity contribution in [2.45, 2.75) is 0 Å². The van der Waals surface area contributed by atoms with E-state index in [1.54, 1.807) is 48.5 Å². The number of hydrogen-bond acceptors (Lipinski definition) is 8. The molecule has 0 spiro atoms. The van der Waals surface area contributed by atoms with Crippen LogP contribution >= 0.6 is 0 Å². The van der Waals surface area contributed by atoms with Gasteiger partial charge in [-0.05, 0) is 36.4 Å². The van der Waals surface area contributed by atoms with E-state index >= 15 is 0 Å². The van der Waals surface area contributed by atoms with E-state index in [0.29, 0.717) is 33.9 Å². The summed E-state index contributed by atoms with van der Waals surface area (Å²) in [6, 6.07) is 13.3. The van der Waals surface area contributed by atoms with Crippen molar-refractivity contribution in [3.8, 4) is 17.2 Å². The third-order valence-corrected chi connectivity index (χ3v) is 4.42. The van der Waals surface area contributed by atoms with E-state index in [1.807, 2.05) is 0 Å². The molecule has 0 fully saturated rings. The zero-order valence-corrected chi connectivity index (χ0v) is 16.7. The zero-order valence-electron chi connectivity index (χ0n) is 16.7. The van der Waals surface area contributed by atoms with Gasteiger partial charge in [-0.3, -0.25) is 9.78 Å². The van der Waals surface area contributed by atoms with Gasteiger partial charge in [0, 0.05) is 46.9 Å². The van der Waals surface area contributed by atoms with Crippen LogP contribution in [-0.2, 0) is 4.79 Å². The Morgan fingerprint density at radius 1 is 1.06 bits per heavy atom. The normalized spacial score (nSPS) is 12.2. The Bertz CT molecular complexity index is 1210. The van der Waals surface area contributed by atoms with Crippen molar-refractivity contribution < 1.29 is 23.8 Å². The first-order valence-corrected chi connectivity index (χ1v) is 9.51. The van der Waals surface area contributed by atoms with Crippen LogP contribution < -0.4 is 25.4 Å². The number of nitrogen functional groups attached to an aromatic ring is 1. The van der Waals surface area contributed by atoms with E-state index in [2.05, 4.69) is 15.5 Å². The van der Waals surface area contributed by atoms with E-state index < -0.39 is 5.97 Å². The monoisotopic (exact) mass is 430 g/mol. The molecule has 1 aliphatic rings. The third kappa shape index (κ3) is 4.90. The van der Waals surface area contributed by atoms with Crippen LogP contribution in [0.1, 0.15) is 21.5 Å². The molecule has 4 rings (SSSR count). The molecule has 1 aromatic heterocycles. The molecule has 1 amide bonds. The molecular weight excluding hydrogens is 412 g/mol. The average molecular weight is 430 g/mol. The molecule has 2 heterocycles. The summed E-state index contributed by atoms with van der Waals surface area (Å²) in [5, 5.41) is 3.93. The highest BCUT2D eigenvalue weighted by atomic mass is 16.7. The van der Waals surface area contributed by atoms with Crippen molar-refractivity contribution in [1.82, 2.24) is 10.4 Å². The number of amides is 1. The Balaban J connectivity index is 1.41. The number of carbonyl (C=O) groups is 2. The third-order valence-electron chi connectivity index (χ3n) is 4.42. The van der Waals surface area contributed by atoms with Gasteiger partial charge in [0.2, 0.25) is 6.79 Å². The molecule has 9 heteroatoms. The second-order valence-corrected chi connectivity index (χ2v) is 6.56. The largest absolute Gasteiger partial charge is 0.454 e. The van der Waals surface area contributed by atoms with Crippen LogP contribution in [0, 0.1) is 0 Å². The van der Waals surface area contributed by atoms with Gasteiger partial charge in [0.25, 0.3) is 5.91 Å². The van der Waals surface area contributed by atoms with Gasteiger partial charge < -0.3 is 19.9 Å². The summed E-state index contributed by atoms with van der Waals surface area (Å²) in [5.74, 6) is 0.405. The molecule has 0 aliphatic carbocycles. The summed E-state index contributed by atoms with van der Waals surface area (Å²) in [4.78, 5) is 28.2. The summed E-state index contributed by atoms with van der Waals surface area (Å²) >= 11 is 0. The van der Waals surface area contributed by atoms with Crippen molar-refractivity contribution >= 4 is 29.9 Å². The van der Waals surface area contributed by atoms with E-state index in [0.717, 1.165) is 0 Å². The number of fused-ring (bicyclic) bond motifs is 1. The quantitative estimate of drug-likeness (QED) is 0.154. The number of hydrogen-bond donors (Lipinski definition) is 2. The first-order valence-electron chi connectivity index (χ1n) is 9.51. The summed E-state index contributed by atoms with van der Waals surface area (Å²) in [5.41, 5.74) is 10.4. The number of pyridine rings is 1. The molecule has 32 heavy (non-hydrogen) atoms. The van der Waals surface area contributed by atoms with Crippen molar-refractivity contribution in [2.75, 3.05) is 12.5 Å². The van der Waals surface area contributed by atoms with E-state index in [9.17, 15) is 9.59 Å². The minimum absolute atomic E-state index is 0.130. The van der Waals surface area contributed by atoms with Crippen molar-refractivity contribution in [3.63, 3.8) is 0 Å². The first kappa shape index (κ1) is 20.6. The molecule has 160 valence electrons. The molecule has 0 atom stereocenters.